The molecule has 120 valence electrons. The van der Waals surface area contributed by atoms with Crippen molar-refractivity contribution in [3.63, 3.8) is 0 Å². The monoisotopic (exact) mass is 333 g/mol. The normalized spacial score (nSPS) is 14.3. The number of methoxy groups -OCH3 is 1. The number of para-hydroxylation sites is 1. The summed E-state index contributed by atoms with van der Waals surface area (Å²) in [6.45, 7) is 3.82. The first-order chi connectivity index (χ1) is 11.0. The lowest BCUT2D eigenvalue weighted by Crippen LogP contribution is -2.27. The van der Waals surface area contributed by atoms with Crippen LogP contribution >= 0.6 is 11.6 Å². The maximum atomic E-state index is 12.1. The van der Waals surface area contributed by atoms with Gasteiger partial charge in [-0.2, -0.15) is 0 Å². The Balaban J connectivity index is 2.68. The number of esters is 1. The van der Waals surface area contributed by atoms with Crippen molar-refractivity contribution in [3.05, 3.63) is 58.1 Å². The molecule has 0 aliphatic carbocycles. The van der Waals surface area contributed by atoms with E-state index in [4.69, 9.17) is 21.1 Å². The number of halogens is 1. The second kappa shape index (κ2) is 7.18. The highest BCUT2D eigenvalue weighted by molar-refractivity contribution is 6.33. The Morgan fingerprint density at radius 1 is 1.35 bits per heavy atom. The summed E-state index contributed by atoms with van der Waals surface area (Å²) < 4.78 is 10.3. The van der Waals surface area contributed by atoms with E-state index in [1.165, 1.54) is 7.11 Å². The molecule has 1 aliphatic heterocycles. The molecule has 1 aliphatic rings. The second-order valence-corrected chi connectivity index (χ2v) is 5.08. The number of carbonyl (C=O) groups excluding carboxylic acids is 2. The molecule has 0 bridgehead atoms. The van der Waals surface area contributed by atoms with Crippen LogP contribution in [0, 0.1) is 0 Å². The van der Waals surface area contributed by atoms with Crippen molar-refractivity contribution in [1.29, 1.82) is 0 Å². The lowest BCUT2D eigenvalue weighted by molar-refractivity contribution is -0.135. The van der Waals surface area contributed by atoms with Gasteiger partial charge >= 0.3 is 5.97 Å². The minimum absolute atomic E-state index is 0.0412. The van der Waals surface area contributed by atoms with Crippen molar-refractivity contribution in [2.75, 3.05) is 18.6 Å². The van der Waals surface area contributed by atoms with E-state index in [9.17, 15) is 9.59 Å². The van der Waals surface area contributed by atoms with Gasteiger partial charge in [0.05, 0.1) is 30.6 Å². The van der Waals surface area contributed by atoms with Gasteiger partial charge in [0.15, 0.2) is 5.76 Å². The Morgan fingerprint density at radius 3 is 2.61 bits per heavy atom. The maximum absolute atomic E-state index is 12.1. The third-order valence-electron chi connectivity index (χ3n) is 3.37. The number of ether oxygens (including phenoxy) is 2. The number of hydrogen-bond donors (Lipinski definition) is 0. The molecule has 23 heavy (non-hydrogen) atoms. The summed E-state index contributed by atoms with van der Waals surface area (Å²) >= 11 is 6.24. The Kier molecular flexibility index (Phi) is 5.27. The molecule has 0 unspecified atom stereocenters. The first-order valence-electron chi connectivity index (χ1n) is 6.98. The predicted octanol–water partition coefficient (Wildman–Crippen LogP) is 3.24. The summed E-state index contributed by atoms with van der Waals surface area (Å²) in [5.41, 5.74) is 1.31. The minimum Gasteiger partial charge on any atom is -0.491 e. The number of hydrogen-bond acceptors (Lipinski definition) is 5. The highest BCUT2D eigenvalue weighted by Crippen LogP contribution is 2.36. The van der Waals surface area contributed by atoms with Gasteiger partial charge in [-0.05, 0) is 26.0 Å². The summed E-state index contributed by atoms with van der Waals surface area (Å²) in [6, 6.07) is 7.17. The lowest BCUT2D eigenvalue weighted by atomic mass is 9.99. The number of nitrogens with zero attached hydrogens (tertiary/aromatic N) is 1. The van der Waals surface area contributed by atoms with Crippen LogP contribution in [-0.4, -0.2) is 25.6 Å². The van der Waals surface area contributed by atoms with Crippen LogP contribution in [-0.2, 0) is 19.1 Å². The molecule has 0 radical (unpaired) electrons. The van der Waals surface area contributed by atoms with Crippen molar-refractivity contribution in [2.45, 2.75) is 13.8 Å². The second-order valence-electron chi connectivity index (χ2n) is 4.68. The number of anilines is 1. The van der Waals surface area contributed by atoms with Crippen LogP contribution in [0.4, 0.5) is 5.69 Å². The predicted molar refractivity (Wildman–Crippen MR) is 87.6 cm³/mol. The van der Waals surface area contributed by atoms with Crippen molar-refractivity contribution in [2.24, 2.45) is 0 Å². The van der Waals surface area contributed by atoms with E-state index < -0.39 is 5.97 Å². The fraction of sp³-hybridized carbons (Fsp3) is 0.235. The molecule has 0 saturated heterocycles. The summed E-state index contributed by atoms with van der Waals surface area (Å²) in [5.74, 6) is 1.38. The minimum atomic E-state index is -0.636. The molecule has 0 amide bonds. The van der Waals surface area contributed by atoms with Gasteiger partial charge in [0.25, 0.3) is 0 Å². The average molecular weight is 334 g/mol. The molecule has 1 heterocycles. The summed E-state index contributed by atoms with van der Waals surface area (Å²) in [4.78, 5) is 25.2. The third kappa shape index (κ3) is 3.16. The van der Waals surface area contributed by atoms with Gasteiger partial charge in [0.2, 0.25) is 0 Å². The van der Waals surface area contributed by atoms with Crippen LogP contribution in [0.5, 0.6) is 0 Å². The van der Waals surface area contributed by atoms with Gasteiger partial charge in [0.1, 0.15) is 17.1 Å². The lowest BCUT2D eigenvalue weighted by Gasteiger charge is -2.30. The molecule has 5 nitrogen and oxygen atoms in total. The van der Waals surface area contributed by atoms with Gasteiger partial charge in [-0.3, -0.25) is 0 Å². The SMILES string of the molecule is CCOC1=CN(c2ccccc2Cl)C(C)=C(C(=O)OC)C1=C=O. The van der Waals surface area contributed by atoms with Crippen LogP contribution in [0.1, 0.15) is 13.8 Å². The topological polar surface area (TPSA) is 55.8 Å². The highest BCUT2D eigenvalue weighted by Gasteiger charge is 2.31. The quantitative estimate of drug-likeness (QED) is 0.625. The summed E-state index contributed by atoms with van der Waals surface area (Å²) in [7, 11) is 1.25. The zero-order chi connectivity index (χ0) is 17.0. The number of rotatable bonds is 4. The van der Waals surface area contributed by atoms with Crippen molar-refractivity contribution in [1.82, 2.24) is 0 Å². The third-order valence-corrected chi connectivity index (χ3v) is 3.69. The van der Waals surface area contributed by atoms with Gasteiger partial charge in [-0.15, -0.1) is 0 Å². The molecule has 6 heteroatoms. The van der Waals surface area contributed by atoms with Crippen LogP contribution in [0.25, 0.3) is 0 Å². The number of benzene rings is 1. The molecule has 0 atom stereocenters. The molecular weight excluding hydrogens is 318 g/mol. The van der Waals surface area contributed by atoms with Gasteiger partial charge in [0, 0.05) is 5.70 Å². The first-order valence-corrected chi connectivity index (χ1v) is 7.36. The van der Waals surface area contributed by atoms with E-state index in [2.05, 4.69) is 0 Å². The molecule has 0 spiro atoms. The van der Waals surface area contributed by atoms with Crippen LogP contribution < -0.4 is 4.90 Å². The van der Waals surface area contributed by atoms with Gasteiger partial charge in [-0.1, -0.05) is 23.7 Å². The van der Waals surface area contributed by atoms with Crippen LogP contribution in [0.3, 0.4) is 0 Å². The summed E-state index contributed by atoms with van der Waals surface area (Å²) in [5, 5.41) is 0.502. The number of carbonyl (C=O) groups is 1. The molecule has 1 aromatic carbocycles. The highest BCUT2D eigenvalue weighted by atomic mass is 35.5. The smallest absolute Gasteiger partial charge is 0.341 e. The van der Waals surface area contributed by atoms with Crippen molar-refractivity contribution < 1.29 is 19.1 Å². The first kappa shape index (κ1) is 16.9. The molecule has 0 fully saturated rings. The molecule has 0 aromatic heterocycles. The average Bonchev–Trinajstić information content (AvgIpc) is 2.56. The van der Waals surface area contributed by atoms with Crippen molar-refractivity contribution >= 4 is 29.2 Å². The van der Waals surface area contributed by atoms with E-state index in [0.29, 0.717) is 23.0 Å². The summed E-state index contributed by atoms with van der Waals surface area (Å²) in [6.07, 6.45) is 1.62. The van der Waals surface area contributed by atoms with Gasteiger partial charge in [-0.25, -0.2) is 9.59 Å². The maximum Gasteiger partial charge on any atom is 0.341 e. The Bertz CT molecular complexity index is 745. The largest absolute Gasteiger partial charge is 0.491 e. The van der Waals surface area contributed by atoms with E-state index in [-0.39, 0.29) is 16.9 Å². The van der Waals surface area contributed by atoms with E-state index >= 15 is 0 Å². The zero-order valence-electron chi connectivity index (χ0n) is 13.1. The molecule has 0 saturated carbocycles. The van der Waals surface area contributed by atoms with Gasteiger partial charge < -0.3 is 14.4 Å². The van der Waals surface area contributed by atoms with Crippen LogP contribution in [0.15, 0.2) is 53.1 Å². The molecular formula is C17H16ClNO4. The fourth-order valence-electron chi connectivity index (χ4n) is 2.32. The number of allylic oxidation sites excluding steroid dienone is 2. The van der Waals surface area contributed by atoms with E-state index in [1.54, 1.807) is 49.1 Å². The Hall–Kier alpha value is -2.49. The van der Waals surface area contributed by atoms with Crippen molar-refractivity contribution in [3.8, 4) is 0 Å². The molecule has 2 rings (SSSR count). The fourth-order valence-corrected chi connectivity index (χ4v) is 2.55. The molecule has 0 N–H and O–H groups in total. The Labute approximate surface area is 139 Å². The standard InChI is InChI=1S/C17H16ClNO4/c1-4-23-15-9-19(14-8-6-5-7-13(14)18)11(2)16(12(15)10-20)17(21)22-3/h5-9H,4H2,1-3H3. The van der Waals surface area contributed by atoms with Crippen LogP contribution in [0.2, 0.25) is 5.02 Å². The molecule has 1 aromatic rings. The van der Waals surface area contributed by atoms with E-state index in [0.717, 1.165) is 0 Å². The van der Waals surface area contributed by atoms with E-state index in [1.807, 2.05) is 6.07 Å². The Morgan fingerprint density at radius 2 is 2.04 bits per heavy atom. The zero-order valence-corrected chi connectivity index (χ0v) is 13.8.